The summed E-state index contributed by atoms with van der Waals surface area (Å²) in [5.41, 5.74) is 0.476. The molecule has 0 bridgehead atoms. The summed E-state index contributed by atoms with van der Waals surface area (Å²) in [6, 6.07) is 3.77. The molecule has 1 saturated carbocycles. The van der Waals surface area contributed by atoms with Gasteiger partial charge in [0.15, 0.2) is 0 Å². The van der Waals surface area contributed by atoms with Crippen LogP contribution < -0.4 is 0 Å². The van der Waals surface area contributed by atoms with Gasteiger partial charge in [0, 0.05) is 5.54 Å². The van der Waals surface area contributed by atoms with E-state index in [9.17, 15) is 8.78 Å². The molecule has 1 fully saturated rings. The third kappa shape index (κ3) is 3.14. The summed E-state index contributed by atoms with van der Waals surface area (Å²) in [6.45, 7) is 2.27. The van der Waals surface area contributed by atoms with Crippen molar-refractivity contribution >= 4 is 0 Å². The van der Waals surface area contributed by atoms with Crippen LogP contribution in [0.15, 0.2) is 18.2 Å². The summed E-state index contributed by atoms with van der Waals surface area (Å²) < 4.78 is 27.2. The van der Waals surface area contributed by atoms with Gasteiger partial charge in [-0.05, 0) is 75.9 Å². The minimum atomic E-state index is -0.352. The first kappa shape index (κ1) is 14.4. The lowest BCUT2D eigenvalue weighted by molar-refractivity contribution is 0.0820. The highest BCUT2D eigenvalue weighted by atomic mass is 19.1. The predicted octanol–water partition coefficient (Wildman–Crippen LogP) is 4.02. The summed E-state index contributed by atoms with van der Waals surface area (Å²) in [6.07, 6.45) is 5.02. The van der Waals surface area contributed by atoms with Crippen LogP contribution in [0.25, 0.3) is 0 Å². The number of benzene rings is 1. The maximum Gasteiger partial charge on any atom is 0.126 e. The molecule has 0 amide bonds. The fraction of sp³-hybridized carbons (Fsp3) is 0.625. The average Bonchev–Trinajstić information content (AvgIpc) is 2.36. The first-order valence-corrected chi connectivity index (χ1v) is 7.04. The van der Waals surface area contributed by atoms with Gasteiger partial charge in [0.25, 0.3) is 0 Å². The monoisotopic (exact) mass is 267 g/mol. The van der Waals surface area contributed by atoms with E-state index < -0.39 is 0 Å². The van der Waals surface area contributed by atoms with E-state index in [1.165, 1.54) is 18.2 Å². The quantitative estimate of drug-likeness (QED) is 0.799. The minimum Gasteiger partial charge on any atom is -0.303 e. The molecule has 1 aromatic rings. The lowest BCUT2D eigenvalue weighted by Crippen LogP contribution is -2.48. The molecule has 0 aromatic heterocycles. The summed E-state index contributed by atoms with van der Waals surface area (Å²) >= 11 is 0. The molecule has 106 valence electrons. The van der Waals surface area contributed by atoms with Gasteiger partial charge < -0.3 is 4.90 Å². The molecule has 0 spiro atoms. The Morgan fingerprint density at radius 3 is 2.42 bits per heavy atom. The summed E-state index contributed by atoms with van der Waals surface area (Å²) in [5.74, 6) is 0.0983. The number of hydrogen-bond acceptors (Lipinski definition) is 1. The Balaban J connectivity index is 2.24. The van der Waals surface area contributed by atoms with Crippen molar-refractivity contribution in [3.8, 4) is 0 Å². The van der Waals surface area contributed by atoms with Crippen molar-refractivity contribution in [2.24, 2.45) is 5.92 Å². The van der Waals surface area contributed by atoms with E-state index >= 15 is 0 Å². The van der Waals surface area contributed by atoms with Crippen LogP contribution in [-0.2, 0) is 6.42 Å². The van der Waals surface area contributed by atoms with E-state index in [0.29, 0.717) is 12.0 Å². The third-order valence-corrected chi connectivity index (χ3v) is 4.68. The smallest absolute Gasteiger partial charge is 0.126 e. The zero-order valence-electron chi connectivity index (χ0n) is 12.0. The van der Waals surface area contributed by atoms with Crippen molar-refractivity contribution in [2.75, 3.05) is 14.1 Å². The van der Waals surface area contributed by atoms with Crippen LogP contribution in [0.2, 0.25) is 0 Å². The van der Waals surface area contributed by atoms with Gasteiger partial charge >= 0.3 is 0 Å². The van der Waals surface area contributed by atoms with Crippen LogP contribution in [0, 0.1) is 17.6 Å². The zero-order valence-corrected chi connectivity index (χ0v) is 12.0. The van der Waals surface area contributed by atoms with Gasteiger partial charge in [0.05, 0.1) is 0 Å². The van der Waals surface area contributed by atoms with Crippen molar-refractivity contribution < 1.29 is 8.78 Å². The van der Waals surface area contributed by atoms with Crippen molar-refractivity contribution in [1.82, 2.24) is 4.90 Å². The van der Waals surface area contributed by atoms with E-state index in [0.717, 1.165) is 31.6 Å². The first-order valence-electron chi connectivity index (χ1n) is 7.04. The van der Waals surface area contributed by atoms with E-state index in [-0.39, 0.29) is 17.2 Å². The molecule has 0 atom stereocenters. The molecule has 1 aliphatic rings. The molecule has 0 unspecified atom stereocenters. The first-order chi connectivity index (χ1) is 8.93. The largest absolute Gasteiger partial charge is 0.303 e. The SMILES string of the molecule is CC1CCC(Cc2cc(F)ccc2F)(N(C)C)CC1. The normalized spacial score (nSPS) is 27.8. The van der Waals surface area contributed by atoms with Crippen LogP contribution in [0.5, 0.6) is 0 Å². The Bertz CT molecular complexity index is 434. The number of nitrogens with zero attached hydrogens (tertiary/aromatic N) is 1. The molecule has 1 aliphatic carbocycles. The molecule has 0 heterocycles. The van der Waals surface area contributed by atoms with Crippen LogP contribution in [-0.4, -0.2) is 24.5 Å². The average molecular weight is 267 g/mol. The molecule has 0 aliphatic heterocycles. The van der Waals surface area contributed by atoms with Gasteiger partial charge in [0.1, 0.15) is 11.6 Å². The van der Waals surface area contributed by atoms with Gasteiger partial charge in [-0.3, -0.25) is 0 Å². The molecule has 1 aromatic carbocycles. The highest BCUT2D eigenvalue weighted by Crippen LogP contribution is 2.38. The number of hydrogen-bond donors (Lipinski definition) is 0. The van der Waals surface area contributed by atoms with Crippen LogP contribution in [0.4, 0.5) is 8.78 Å². The van der Waals surface area contributed by atoms with Crippen molar-refractivity contribution in [3.05, 3.63) is 35.4 Å². The Morgan fingerprint density at radius 1 is 1.21 bits per heavy atom. The van der Waals surface area contributed by atoms with Gasteiger partial charge in [0.2, 0.25) is 0 Å². The van der Waals surface area contributed by atoms with Crippen LogP contribution >= 0.6 is 0 Å². The lowest BCUT2D eigenvalue weighted by Gasteiger charge is -2.45. The summed E-state index contributed by atoms with van der Waals surface area (Å²) in [7, 11) is 4.10. The predicted molar refractivity (Wildman–Crippen MR) is 74.1 cm³/mol. The number of halogens is 2. The maximum absolute atomic E-state index is 13.8. The lowest BCUT2D eigenvalue weighted by atomic mass is 9.73. The molecule has 0 saturated heterocycles. The molecule has 19 heavy (non-hydrogen) atoms. The second kappa shape index (κ2) is 5.58. The van der Waals surface area contributed by atoms with Crippen molar-refractivity contribution in [1.29, 1.82) is 0 Å². The Hall–Kier alpha value is -0.960. The maximum atomic E-state index is 13.8. The van der Waals surface area contributed by atoms with E-state index in [1.54, 1.807) is 0 Å². The Labute approximate surface area is 114 Å². The van der Waals surface area contributed by atoms with Gasteiger partial charge in [-0.1, -0.05) is 6.92 Å². The molecule has 2 rings (SSSR count). The standard InChI is InChI=1S/C16H23F2N/c1-12-6-8-16(9-7-12,19(2)3)11-13-10-14(17)4-5-15(13)18/h4-5,10,12H,6-9,11H2,1-3H3. The molecular formula is C16H23F2N. The zero-order chi connectivity index (χ0) is 14.0. The third-order valence-electron chi connectivity index (χ3n) is 4.68. The van der Waals surface area contributed by atoms with Crippen molar-refractivity contribution in [3.63, 3.8) is 0 Å². The molecule has 0 N–H and O–H groups in total. The fourth-order valence-electron chi connectivity index (χ4n) is 3.11. The Kier molecular flexibility index (Phi) is 4.24. The highest BCUT2D eigenvalue weighted by Gasteiger charge is 2.36. The number of rotatable bonds is 3. The highest BCUT2D eigenvalue weighted by molar-refractivity contribution is 5.21. The minimum absolute atomic E-state index is 0.0266. The molecule has 0 radical (unpaired) electrons. The second-order valence-corrected chi connectivity index (χ2v) is 6.21. The van der Waals surface area contributed by atoms with E-state index in [1.807, 2.05) is 14.1 Å². The van der Waals surface area contributed by atoms with E-state index in [2.05, 4.69) is 11.8 Å². The second-order valence-electron chi connectivity index (χ2n) is 6.21. The van der Waals surface area contributed by atoms with Gasteiger partial charge in [-0.2, -0.15) is 0 Å². The fourth-order valence-corrected chi connectivity index (χ4v) is 3.11. The van der Waals surface area contributed by atoms with Crippen LogP contribution in [0.1, 0.15) is 38.2 Å². The van der Waals surface area contributed by atoms with Crippen LogP contribution in [0.3, 0.4) is 0 Å². The summed E-state index contributed by atoms with van der Waals surface area (Å²) in [4.78, 5) is 2.20. The van der Waals surface area contributed by atoms with E-state index in [4.69, 9.17) is 0 Å². The molecular weight excluding hydrogens is 244 g/mol. The topological polar surface area (TPSA) is 3.24 Å². The number of likely N-dealkylation sites (N-methyl/N-ethyl adjacent to an activating group) is 1. The molecule has 1 nitrogen and oxygen atoms in total. The molecule has 3 heteroatoms. The Morgan fingerprint density at radius 2 is 1.84 bits per heavy atom. The van der Waals surface area contributed by atoms with Gasteiger partial charge in [-0.15, -0.1) is 0 Å². The summed E-state index contributed by atoms with van der Waals surface area (Å²) in [5, 5.41) is 0. The van der Waals surface area contributed by atoms with Gasteiger partial charge in [-0.25, -0.2) is 8.78 Å². The van der Waals surface area contributed by atoms with Crippen molar-refractivity contribution in [2.45, 2.75) is 44.6 Å².